The van der Waals surface area contributed by atoms with Crippen molar-refractivity contribution in [2.45, 2.75) is 58.5 Å². The van der Waals surface area contributed by atoms with E-state index >= 15 is 0 Å². The molecule has 1 amide bonds. The molecule has 0 atom stereocenters. The minimum Gasteiger partial charge on any atom is -0.381 e. The molecule has 0 radical (unpaired) electrons. The highest BCUT2D eigenvalue weighted by Gasteiger charge is 2.33. The molecule has 0 N–H and O–H groups in total. The van der Waals surface area contributed by atoms with E-state index in [-0.39, 0.29) is 5.91 Å². The minimum atomic E-state index is 0.148. The summed E-state index contributed by atoms with van der Waals surface area (Å²) in [6, 6.07) is 7.16. The summed E-state index contributed by atoms with van der Waals surface area (Å²) in [5.41, 5.74) is 6.53. The number of amides is 1. The van der Waals surface area contributed by atoms with Crippen LogP contribution in [0.4, 0.5) is 11.5 Å². The van der Waals surface area contributed by atoms with E-state index in [1.54, 1.807) is 6.92 Å². The highest BCUT2D eigenvalue weighted by molar-refractivity contribution is 5.75. The third-order valence-corrected chi connectivity index (χ3v) is 6.66. The van der Waals surface area contributed by atoms with Gasteiger partial charge in [0.2, 0.25) is 5.91 Å². The van der Waals surface area contributed by atoms with Crippen molar-refractivity contribution in [3.63, 3.8) is 0 Å². The van der Waals surface area contributed by atoms with Gasteiger partial charge in [0.25, 0.3) is 0 Å². The maximum Gasteiger partial charge on any atom is 0.219 e. The SMILES string of the molecule is CC(=O)N1CCc2c(c(N3CCCc4ccc(C)cc43)nn2C2CCOCC2)C1. The number of aromatic nitrogens is 2. The molecule has 0 aliphatic carbocycles. The van der Waals surface area contributed by atoms with Gasteiger partial charge < -0.3 is 14.5 Å². The third-order valence-electron chi connectivity index (χ3n) is 6.66. The summed E-state index contributed by atoms with van der Waals surface area (Å²) >= 11 is 0. The van der Waals surface area contributed by atoms with Crippen LogP contribution in [0.1, 0.15) is 54.6 Å². The maximum atomic E-state index is 12.1. The van der Waals surface area contributed by atoms with Gasteiger partial charge in [-0.05, 0) is 49.8 Å². The second kappa shape index (κ2) is 7.48. The molecule has 29 heavy (non-hydrogen) atoms. The van der Waals surface area contributed by atoms with Crippen molar-refractivity contribution in [3.8, 4) is 0 Å². The molecule has 154 valence electrons. The number of nitrogens with zero attached hydrogens (tertiary/aromatic N) is 4. The van der Waals surface area contributed by atoms with Gasteiger partial charge in [0, 0.05) is 56.6 Å². The number of hydrogen-bond acceptors (Lipinski definition) is 4. The third kappa shape index (κ3) is 3.33. The number of rotatable bonds is 2. The average Bonchev–Trinajstić information content (AvgIpc) is 3.12. The Bertz CT molecular complexity index is 929. The van der Waals surface area contributed by atoms with E-state index in [0.29, 0.717) is 12.6 Å². The van der Waals surface area contributed by atoms with Crippen LogP contribution in [0.2, 0.25) is 0 Å². The Morgan fingerprint density at radius 2 is 2.00 bits per heavy atom. The monoisotopic (exact) mass is 394 g/mol. The second-order valence-corrected chi connectivity index (χ2v) is 8.61. The Balaban J connectivity index is 1.61. The number of aryl methyl sites for hydroxylation is 2. The summed E-state index contributed by atoms with van der Waals surface area (Å²) in [7, 11) is 0. The fourth-order valence-electron chi connectivity index (χ4n) is 5.05. The average molecular weight is 395 g/mol. The first kappa shape index (κ1) is 18.7. The van der Waals surface area contributed by atoms with E-state index in [0.717, 1.165) is 64.2 Å². The van der Waals surface area contributed by atoms with Gasteiger partial charge in [-0.2, -0.15) is 5.10 Å². The van der Waals surface area contributed by atoms with Crippen molar-refractivity contribution in [1.29, 1.82) is 0 Å². The number of carbonyl (C=O) groups excluding carboxylic acids is 1. The molecule has 0 spiro atoms. The van der Waals surface area contributed by atoms with Crippen molar-refractivity contribution in [1.82, 2.24) is 14.7 Å². The summed E-state index contributed by atoms with van der Waals surface area (Å²) in [4.78, 5) is 16.5. The lowest BCUT2D eigenvalue weighted by atomic mass is 9.98. The van der Waals surface area contributed by atoms with Gasteiger partial charge in [-0.1, -0.05) is 12.1 Å². The summed E-state index contributed by atoms with van der Waals surface area (Å²) < 4.78 is 7.88. The zero-order chi connectivity index (χ0) is 20.0. The number of ether oxygens (including phenoxy) is 1. The predicted octanol–water partition coefficient (Wildman–Crippen LogP) is 3.53. The molecule has 1 aromatic carbocycles. The Hall–Kier alpha value is -2.34. The van der Waals surface area contributed by atoms with Crippen LogP contribution in [0.25, 0.3) is 0 Å². The van der Waals surface area contributed by atoms with Crippen LogP contribution in [0, 0.1) is 6.92 Å². The largest absolute Gasteiger partial charge is 0.381 e. The summed E-state index contributed by atoms with van der Waals surface area (Å²) in [6.07, 6.45) is 5.16. The Kier molecular flexibility index (Phi) is 4.82. The summed E-state index contributed by atoms with van der Waals surface area (Å²) in [5.74, 6) is 1.21. The molecule has 0 saturated carbocycles. The molecule has 6 heteroatoms. The van der Waals surface area contributed by atoms with Gasteiger partial charge >= 0.3 is 0 Å². The molecule has 4 heterocycles. The van der Waals surface area contributed by atoms with Crippen LogP contribution in [0.5, 0.6) is 0 Å². The predicted molar refractivity (Wildman–Crippen MR) is 113 cm³/mol. The molecule has 1 saturated heterocycles. The van der Waals surface area contributed by atoms with Gasteiger partial charge in [0.15, 0.2) is 5.82 Å². The second-order valence-electron chi connectivity index (χ2n) is 8.61. The van der Waals surface area contributed by atoms with Crippen molar-refractivity contribution < 1.29 is 9.53 Å². The first-order valence-electron chi connectivity index (χ1n) is 10.9. The molecule has 3 aliphatic heterocycles. The summed E-state index contributed by atoms with van der Waals surface area (Å²) in [5, 5.41) is 5.21. The molecule has 3 aliphatic rings. The van der Waals surface area contributed by atoms with E-state index in [9.17, 15) is 4.79 Å². The number of anilines is 2. The van der Waals surface area contributed by atoms with E-state index in [1.807, 2.05) is 4.90 Å². The standard InChI is InChI=1S/C23H30N4O2/c1-16-5-6-18-4-3-10-26(22(18)14-16)23-20-15-25(17(2)28)11-7-21(20)27(24-23)19-8-12-29-13-9-19/h5-6,14,19H,3-4,7-13,15H2,1-2H3. The van der Waals surface area contributed by atoms with Crippen LogP contribution in [0.15, 0.2) is 18.2 Å². The zero-order valence-electron chi connectivity index (χ0n) is 17.5. The van der Waals surface area contributed by atoms with Gasteiger partial charge in [0.1, 0.15) is 0 Å². The van der Waals surface area contributed by atoms with E-state index in [2.05, 4.69) is 34.7 Å². The lowest BCUT2D eigenvalue weighted by Gasteiger charge is -2.32. The van der Waals surface area contributed by atoms with E-state index in [4.69, 9.17) is 9.84 Å². The Morgan fingerprint density at radius 1 is 1.17 bits per heavy atom. The lowest BCUT2D eigenvalue weighted by Crippen LogP contribution is -2.36. The number of carbonyl (C=O) groups is 1. The van der Waals surface area contributed by atoms with Gasteiger partial charge in [-0.15, -0.1) is 0 Å². The van der Waals surface area contributed by atoms with Crippen LogP contribution < -0.4 is 4.90 Å². The van der Waals surface area contributed by atoms with Crippen molar-refractivity contribution in [2.75, 3.05) is 31.2 Å². The molecular weight excluding hydrogens is 364 g/mol. The highest BCUT2D eigenvalue weighted by Crippen LogP contribution is 2.39. The fraction of sp³-hybridized carbons (Fsp3) is 0.565. The minimum absolute atomic E-state index is 0.148. The normalized spacial score (nSPS) is 19.8. The smallest absolute Gasteiger partial charge is 0.219 e. The van der Waals surface area contributed by atoms with E-state index in [1.165, 1.54) is 28.1 Å². The van der Waals surface area contributed by atoms with Crippen LogP contribution in [-0.4, -0.2) is 46.9 Å². The summed E-state index contributed by atoms with van der Waals surface area (Å²) in [6.45, 7) is 7.87. The molecule has 1 fully saturated rings. The van der Waals surface area contributed by atoms with Crippen molar-refractivity contribution >= 4 is 17.4 Å². The van der Waals surface area contributed by atoms with Crippen molar-refractivity contribution in [2.24, 2.45) is 0 Å². The van der Waals surface area contributed by atoms with Crippen LogP contribution in [0.3, 0.4) is 0 Å². The number of benzene rings is 1. The molecule has 5 rings (SSSR count). The number of fused-ring (bicyclic) bond motifs is 2. The molecular formula is C23H30N4O2. The quantitative estimate of drug-likeness (QED) is 0.782. The first-order valence-corrected chi connectivity index (χ1v) is 10.9. The fourth-order valence-corrected chi connectivity index (χ4v) is 5.05. The van der Waals surface area contributed by atoms with Gasteiger partial charge in [-0.25, -0.2) is 0 Å². The Labute approximate surface area is 172 Å². The van der Waals surface area contributed by atoms with Crippen LogP contribution >= 0.6 is 0 Å². The molecule has 1 aromatic heterocycles. The van der Waals surface area contributed by atoms with Gasteiger partial charge in [0.05, 0.1) is 12.6 Å². The molecule has 0 bridgehead atoms. The molecule has 6 nitrogen and oxygen atoms in total. The first-order chi connectivity index (χ1) is 14.1. The maximum absolute atomic E-state index is 12.1. The van der Waals surface area contributed by atoms with Crippen LogP contribution in [-0.2, 0) is 28.9 Å². The van der Waals surface area contributed by atoms with E-state index < -0.39 is 0 Å². The van der Waals surface area contributed by atoms with Crippen molar-refractivity contribution in [3.05, 3.63) is 40.6 Å². The molecule has 2 aromatic rings. The Morgan fingerprint density at radius 3 is 2.79 bits per heavy atom. The lowest BCUT2D eigenvalue weighted by molar-refractivity contribution is -0.129. The zero-order valence-corrected chi connectivity index (χ0v) is 17.5. The topological polar surface area (TPSA) is 50.6 Å². The number of hydrogen-bond donors (Lipinski definition) is 0. The highest BCUT2D eigenvalue weighted by atomic mass is 16.5. The molecule has 0 unspecified atom stereocenters. The van der Waals surface area contributed by atoms with Gasteiger partial charge in [-0.3, -0.25) is 9.48 Å².